The van der Waals surface area contributed by atoms with Crippen LogP contribution in [0.15, 0.2) is 0 Å². The third kappa shape index (κ3) is 7.07. The highest BCUT2D eigenvalue weighted by atomic mass is 16.5. The van der Waals surface area contributed by atoms with Crippen molar-refractivity contribution in [1.82, 2.24) is 4.90 Å². The third-order valence-corrected chi connectivity index (χ3v) is 4.64. The van der Waals surface area contributed by atoms with E-state index in [1.54, 1.807) is 12.0 Å². The summed E-state index contributed by atoms with van der Waals surface area (Å²) in [5, 5.41) is 0. The Kier molecular flexibility index (Phi) is 9.75. The second-order valence-electron chi connectivity index (χ2n) is 6.68. The van der Waals surface area contributed by atoms with Crippen LogP contribution in [0.25, 0.3) is 0 Å². The van der Waals surface area contributed by atoms with Crippen LogP contribution in [-0.4, -0.2) is 62.3 Å². The van der Waals surface area contributed by atoms with Gasteiger partial charge in [0.25, 0.3) is 0 Å². The fourth-order valence-corrected chi connectivity index (χ4v) is 3.10. The van der Waals surface area contributed by atoms with Gasteiger partial charge in [-0.25, -0.2) is 0 Å². The molecule has 4 N–H and O–H groups in total. The van der Waals surface area contributed by atoms with E-state index in [0.717, 1.165) is 44.7 Å². The number of likely N-dealkylation sites (tertiary alicyclic amines) is 1. The highest BCUT2D eigenvalue weighted by Crippen LogP contribution is 2.25. The number of carbonyl (C=O) groups is 3. The van der Waals surface area contributed by atoms with Gasteiger partial charge in [-0.3, -0.25) is 4.79 Å². The van der Waals surface area contributed by atoms with Crippen LogP contribution in [0, 0.1) is 11.8 Å². The second-order valence-corrected chi connectivity index (χ2v) is 6.68. The van der Waals surface area contributed by atoms with Crippen molar-refractivity contribution in [2.75, 3.05) is 26.8 Å². The topological polar surface area (TPSA) is 116 Å². The van der Waals surface area contributed by atoms with Crippen LogP contribution in [0.1, 0.15) is 38.5 Å². The Balaban J connectivity index is 0.000000254. The molecule has 0 aromatic rings. The quantitative estimate of drug-likeness (QED) is 0.523. The number of aldehydes is 2. The van der Waals surface area contributed by atoms with Crippen molar-refractivity contribution in [3.63, 3.8) is 0 Å². The Bertz CT molecular complexity index is 381. The Labute approximate surface area is 144 Å². The first-order valence-corrected chi connectivity index (χ1v) is 8.70. The van der Waals surface area contributed by atoms with Crippen LogP contribution in [0.4, 0.5) is 0 Å². The summed E-state index contributed by atoms with van der Waals surface area (Å²) in [5.74, 6) is 0.443. The van der Waals surface area contributed by atoms with E-state index in [-0.39, 0.29) is 29.8 Å². The van der Waals surface area contributed by atoms with E-state index in [1.807, 2.05) is 0 Å². The van der Waals surface area contributed by atoms with Gasteiger partial charge in [0.1, 0.15) is 12.6 Å². The van der Waals surface area contributed by atoms with Crippen molar-refractivity contribution in [2.24, 2.45) is 23.3 Å². The molecule has 24 heavy (non-hydrogen) atoms. The number of amides is 1. The van der Waals surface area contributed by atoms with Gasteiger partial charge in [-0.15, -0.1) is 0 Å². The molecule has 1 amide bonds. The molecule has 4 unspecified atom stereocenters. The summed E-state index contributed by atoms with van der Waals surface area (Å²) >= 11 is 0. The summed E-state index contributed by atoms with van der Waals surface area (Å²) < 4.78 is 4.88. The Hall–Kier alpha value is -1.31. The molecule has 0 bridgehead atoms. The predicted molar refractivity (Wildman–Crippen MR) is 91.2 cm³/mol. The van der Waals surface area contributed by atoms with Gasteiger partial charge in [-0.2, -0.15) is 0 Å². The standard InChI is InChI=1S/C9H19N3O2.C8H12O2/c1-14-4-2-3-9(13)12-5-7(10)8(11)6-12;9-5-7-2-1-3-8(4-7)6-10/h7-8H,2-6,10-11H2,1H3;5-8H,1-4H2. The highest BCUT2D eigenvalue weighted by Gasteiger charge is 2.29. The van der Waals surface area contributed by atoms with Gasteiger partial charge in [-0.05, 0) is 25.7 Å². The molecule has 2 aliphatic rings. The molecule has 0 aromatic heterocycles. The third-order valence-electron chi connectivity index (χ3n) is 4.64. The van der Waals surface area contributed by atoms with Gasteiger partial charge in [0.2, 0.25) is 5.91 Å². The van der Waals surface area contributed by atoms with E-state index in [9.17, 15) is 14.4 Å². The Morgan fingerprint density at radius 2 is 1.67 bits per heavy atom. The number of methoxy groups -OCH3 is 1. The number of nitrogens with two attached hydrogens (primary N) is 2. The summed E-state index contributed by atoms with van der Waals surface area (Å²) in [4.78, 5) is 33.9. The number of rotatable bonds is 6. The number of carbonyl (C=O) groups excluding carboxylic acids is 3. The monoisotopic (exact) mass is 341 g/mol. The molecule has 0 aromatic carbocycles. The van der Waals surface area contributed by atoms with Crippen molar-refractivity contribution < 1.29 is 19.1 Å². The average molecular weight is 341 g/mol. The fraction of sp³-hybridized carbons (Fsp3) is 0.824. The van der Waals surface area contributed by atoms with Gasteiger partial charge in [0, 0.05) is 57.1 Å². The van der Waals surface area contributed by atoms with Gasteiger partial charge in [0.15, 0.2) is 0 Å². The summed E-state index contributed by atoms with van der Waals surface area (Å²) in [7, 11) is 1.63. The van der Waals surface area contributed by atoms with Crippen LogP contribution in [-0.2, 0) is 19.1 Å². The summed E-state index contributed by atoms with van der Waals surface area (Å²) in [6.07, 6.45) is 7.02. The minimum absolute atomic E-state index is 0.0682. The highest BCUT2D eigenvalue weighted by molar-refractivity contribution is 5.76. The predicted octanol–water partition coefficient (Wildman–Crippen LogP) is 0.100. The molecule has 1 heterocycles. The normalized spacial score (nSPS) is 29.5. The van der Waals surface area contributed by atoms with Crippen molar-refractivity contribution in [1.29, 1.82) is 0 Å². The molecule has 0 spiro atoms. The second kappa shape index (κ2) is 11.3. The molecule has 7 nitrogen and oxygen atoms in total. The molecule has 1 saturated carbocycles. The van der Waals surface area contributed by atoms with Gasteiger partial charge < -0.3 is 30.7 Å². The van der Waals surface area contributed by atoms with Crippen molar-refractivity contribution >= 4 is 18.5 Å². The summed E-state index contributed by atoms with van der Waals surface area (Å²) in [5.41, 5.74) is 11.4. The van der Waals surface area contributed by atoms with Crippen molar-refractivity contribution in [2.45, 2.75) is 50.6 Å². The van der Waals surface area contributed by atoms with E-state index in [2.05, 4.69) is 0 Å². The summed E-state index contributed by atoms with van der Waals surface area (Å²) in [6.45, 7) is 1.80. The molecule has 1 aliphatic carbocycles. The fourth-order valence-electron chi connectivity index (χ4n) is 3.10. The minimum atomic E-state index is -0.0682. The smallest absolute Gasteiger partial charge is 0.222 e. The molecule has 138 valence electrons. The molecule has 7 heteroatoms. The Morgan fingerprint density at radius 3 is 2.12 bits per heavy atom. The van der Waals surface area contributed by atoms with E-state index in [0.29, 0.717) is 26.1 Å². The molecule has 1 aliphatic heterocycles. The first kappa shape index (κ1) is 20.7. The van der Waals surface area contributed by atoms with Crippen LogP contribution < -0.4 is 11.5 Å². The lowest BCUT2D eigenvalue weighted by Gasteiger charge is -2.20. The first-order chi connectivity index (χ1) is 11.5. The van der Waals surface area contributed by atoms with Gasteiger partial charge >= 0.3 is 0 Å². The summed E-state index contributed by atoms with van der Waals surface area (Å²) in [6, 6.07) is -0.136. The molecule has 2 rings (SSSR count). The zero-order chi connectivity index (χ0) is 17.9. The SMILES string of the molecule is COCCCC(=O)N1CC(N)C(N)C1.O=CC1CCCC(C=O)C1. The zero-order valence-corrected chi connectivity index (χ0v) is 14.6. The number of nitrogens with zero attached hydrogens (tertiary/aromatic N) is 1. The maximum atomic E-state index is 11.6. The number of hydrogen-bond acceptors (Lipinski definition) is 6. The van der Waals surface area contributed by atoms with Crippen molar-refractivity contribution in [3.05, 3.63) is 0 Å². The molecular formula is C17H31N3O4. The van der Waals surface area contributed by atoms with E-state index in [1.165, 1.54) is 0 Å². The maximum absolute atomic E-state index is 11.6. The first-order valence-electron chi connectivity index (χ1n) is 8.70. The van der Waals surface area contributed by atoms with Gasteiger partial charge in [0.05, 0.1) is 0 Å². The lowest BCUT2D eigenvalue weighted by Crippen LogP contribution is -2.39. The minimum Gasteiger partial charge on any atom is -0.385 e. The van der Waals surface area contributed by atoms with Crippen LogP contribution >= 0.6 is 0 Å². The zero-order valence-electron chi connectivity index (χ0n) is 14.6. The molecule has 0 radical (unpaired) electrons. The van der Waals surface area contributed by atoms with E-state index >= 15 is 0 Å². The molecule has 4 atom stereocenters. The number of hydrogen-bond donors (Lipinski definition) is 2. The van der Waals surface area contributed by atoms with Gasteiger partial charge in [-0.1, -0.05) is 6.42 Å². The molecular weight excluding hydrogens is 310 g/mol. The number of ether oxygens (including phenoxy) is 1. The van der Waals surface area contributed by atoms with E-state index in [4.69, 9.17) is 16.2 Å². The van der Waals surface area contributed by atoms with E-state index < -0.39 is 0 Å². The lowest BCUT2D eigenvalue weighted by atomic mass is 9.83. The maximum Gasteiger partial charge on any atom is 0.222 e. The van der Waals surface area contributed by atoms with Crippen LogP contribution in [0.5, 0.6) is 0 Å². The molecule has 2 fully saturated rings. The average Bonchev–Trinajstić information content (AvgIpc) is 2.94. The van der Waals surface area contributed by atoms with Crippen molar-refractivity contribution in [3.8, 4) is 0 Å². The van der Waals surface area contributed by atoms with Crippen LogP contribution in [0.2, 0.25) is 0 Å². The van der Waals surface area contributed by atoms with Crippen LogP contribution in [0.3, 0.4) is 0 Å². The Morgan fingerprint density at radius 1 is 1.12 bits per heavy atom. The molecule has 1 saturated heterocycles. The largest absolute Gasteiger partial charge is 0.385 e. The lowest BCUT2D eigenvalue weighted by molar-refractivity contribution is -0.130.